The lowest BCUT2D eigenvalue weighted by molar-refractivity contribution is 0.178. The van der Waals surface area contributed by atoms with E-state index >= 15 is 0 Å². The fourth-order valence-electron chi connectivity index (χ4n) is 2.36. The van der Waals surface area contributed by atoms with E-state index in [1.54, 1.807) is 4.68 Å². The minimum absolute atomic E-state index is 0.437. The molecule has 1 saturated carbocycles. The Morgan fingerprint density at radius 3 is 2.94 bits per heavy atom. The van der Waals surface area contributed by atoms with E-state index in [9.17, 15) is 5.11 Å². The minimum Gasteiger partial charge on any atom is -0.388 e. The topological polar surface area (TPSA) is 38.0 Å². The molecule has 0 bridgehead atoms. The van der Waals surface area contributed by atoms with Gasteiger partial charge in [-0.1, -0.05) is 24.3 Å². The highest BCUT2D eigenvalue weighted by Gasteiger charge is 2.24. The predicted molar refractivity (Wildman–Crippen MR) is 70.3 cm³/mol. The Balaban J connectivity index is 1.74. The van der Waals surface area contributed by atoms with E-state index in [0.29, 0.717) is 6.42 Å². The van der Waals surface area contributed by atoms with Crippen molar-refractivity contribution in [2.24, 2.45) is 7.05 Å². The first-order valence-corrected chi connectivity index (χ1v) is 6.48. The Labute approximate surface area is 107 Å². The standard InChI is InChI=1S/C15H18N2O/c1-17-10-11(9-16-17)7-15(18)14-4-2-3-13(8-14)12-5-6-12/h2-4,8-10,12,15,18H,5-7H2,1H3. The number of aromatic nitrogens is 2. The Morgan fingerprint density at radius 2 is 2.28 bits per heavy atom. The van der Waals surface area contributed by atoms with Crippen LogP contribution in [0.25, 0.3) is 0 Å². The Morgan fingerprint density at radius 1 is 1.44 bits per heavy atom. The summed E-state index contributed by atoms with van der Waals surface area (Å²) >= 11 is 0. The largest absolute Gasteiger partial charge is 0.388 e. The predicted octanol–water partition coefficient (Wildman–Crippen LogP) is 2.57. The molecule has 3 rings (SSSR count). The average molecular weight is 242 g/mol. The van der Waals surface area contributed by atoms with Gasteiger partial charge in [-0.3, -0.25) is 4.68 Å². The van der Waals surface area contributed by atoms with Gasteiger partial charge < -0.3 is 5.11 Å². The first kappa shape index (κ1) is 11.5. The van der Waals surface area contributed by atoms with Crippen molar-refractivity contribution in [3.63, 3.8) is 0 Å². The van der Waals surface area contributed by atoms with Crippen LogP contribution in [0.1, 0.15) is 41.6 Å². The van der Waals surface area contributed by atoms with Crippen LogP contribution >= 0.6 is 0 Å². The molecule has 1 aromatic carbocycles. The van der Waals surface area contributed by atoms with Gasteiger partial charge in [0.1, 0.15) is 0 Å². The maximum atomic E-state index is 10.3. The lowest BCUT2D eigenvalue weighted by Gasteiger charge is -2.11. The van der Waals surface area contributed by atoms with E-state index in [4.69, 9.17) is 0 Å². The van der Waals surface area contributed by atoms with E-state index in [2.05, 4.69) is 23.3 Å². The van der Waals surface area contributed by atoms with Crippen molar-refractivity contribution in [1.82, 2.24) is 9.78 Å². The van der Waals surface area contributed by atoms with Crippen molar-refractivity contribution in [3.05, 3.63) is 53.3 Å². The number of aliphatic hydroxyl groups excluding tert-OH is 1. The molecule has 1 N–H and O–H groups in total. The first-order valence-electron chi connectivity index (χ1n) is 6.48. The van der Waals surface area contributed by atoms with Crippen LogP contribution in [0.2, 0.25) is 0 Å². The average Bonchev–Trinajstić information content (AvgIpc) is 3.14. The van der Waals surface area contributed by atoms with Gasteiger partial charge in [-0.05, 0) is 35.4 Å². The first-order chi connectivity index (χ1) is 8.72. The monoisotopic (exact) mass is 242 g/mol. The molecule has 18 heavy (non-hydrogen) atoms. The number of benzene rings is 1. The molecule has 1 aliphatic carbocycles. The zero-order valence-corrected chi connectivity index (χ0v) is 10.6. The van der Waals surface area contributed by atoms with Gasteiger partial charge in [0, 0.05) is 19.7 Å². The van der Waals surface area contributed by atoms with Crippen LogP contribution < -0.4 is 0 Å². The molecule has 0 amide bonds. The SMILES string of the molecule is Cn1cc(CC(O)c2cccc(C3CC3)c2)cn1. The lowest BCUT2D eigenvalue weighted by Crippen LogP contribution is -2.01. The lowest BCUT2D eigenvalue weighted by atomic mass is 10.00. The molecule has 3 heteroatoms. The smallest absolute Gasteiger partial charge is 0.0831 e. The van der Waals surface area contributed by atoms with E-state index in [1.807, 2.05) is 25.5 Å². The van der Waals surface area contributed by atoms with E-state index in [0.717, 1.165) is 17.0 Å². The number of rotatable bonds is 4. The molecule has 2 aromatic rings. The zero-order valence-electron chi connectivity index (χ0n) is 10.6. The fraction of sp³-hybridized carbons (Fsp3) is 0.400. The van der Waals surface area contributed by atoms with E-state index in [1.165, 1.54) is 18.4 Å². The second kappa shape index (κ2) is 4.58. The second-order valence-corrected chi connectivity index (χ2v) is 5.19. The summed E-state index contributed by atoms with van der Waals surface area (Å²) < 4.78 is 1.77. The molecule has 0 saturated heterocycles. The fourth-order valence-corrected chi connectivity index (χ4v) is 2.36. The number of aryl methyl sites for hydroxylation is 1. The van der Waals surface area contributed by atoms with Gasteiger partial charge in [0.2, 0.25) is 0 Å². The van der Waals surface area contributed by atoms with Crippen molar-refractivity contribution in [1.29, 1.82) is 0 Å². The molecule has 1 aromatic heterocycles. The normalized spacial score (nSPS) is 16.8. The molecule has 0 spiro atoms. The molecular formula is C15H18N2O. The van der Waals surface area contributed by atoms with Crippen molar-refractivity contribution in [2.45, 2.75) is 31.3 Å². The van der Waals surface area contributed by atoms with Crippen molar-refractivity contribution >= 4 is 0 Å². The van der Waals surface area contributed by atoms with Crippen LogP contribution in [0.15, 0.2) is 36.7 Å². The summed E-state index contributed by atoms with van der Waals surface area (Å²) in [6.07, 6.45) is 6.54. The number of hydrogen-bond acceptors (Lipinski definition) is 2. The summed E-state index contributed by atoms with van der Waals surface area (Å²) in [5, 5.41) is 14.4. The number of hydrogen-bond donors (Lipinski definition) is 1. The molecule has 94 valence electrons. The van der Waals surface area contributed by atoms with Crippen LogP contribution in [0.4, 0.5) is 0 Å². The van der Waals surface area contributed by atoms with Crippen LogP contribution in [0.3, 0.4) is 0 Å². The van der Waals surface area contributed by atoms with Gasteiger partial charge >= 0.3 is 0 Å². The number of aliphatic hydroxyl groups is 1. The second-order valence-electron chi connectivity index (χ2n) is 5.19. The molecule has 1 aliphatic rings. The molecule has 1 unspecified atom stereocenters. The molecule has 0 aliphatic heterocycles. The van der Waals surface area contributed by atoms with Crippen LogP contribution in [0.5, 0.6) is 0 Å². The molecule has 3 nitrogen and oxygen atoms in total. The maximum absolute atomic E-state index is 10.3. The van der Waals surface area contributed by atoms with Gasteiger partial charge in [-0.15, -0.1) is 0 Å². The van der Waals surface area contributed by atoms with Crippen LogP contribution in [-0.4, -0.2) is 14.9 Å². The van der Waals surface area contributed by atoms with Crippen LogP contribution in [-0.2, 0) is 13.5 Å². The highest BCUT2D eigenvalue weighted by molar-refractivity contribution is 5.31. The molecule has 1 atom stereocenters. The Kier molecular flexibility index (Phi) is 2.92. The molecule has 1 heterocycles. The third kappa shape index (κ3) is 2.46. The van der Waals surface area contributed by atoms with Gasteiger partial charge in [0.15, 0.2) is 0 Å². The molecular weight excluding hydrogens is 224 g/mol. The van der Waals surface area contributed by atoms with Crippen molar-refractivity contribution in [2.75, 3.05) is 0 Å². The maximum Gasteiger partial charge on any atom is 0.0831 e. The summed E-state index contributed by atoms with van der Waals surface area (Å²) in [6.45, 7) is 0. The Bertz CT molecular complexity index is 543. The summed E-state index contributed by atoms with van der Waals surface area (Å²) in [5.41, 5.74) is 3.46. The zero-order chi connectivity index (χ0) is 12.5. The highest BCUT2D eigenvalue weighted by Crippen LogP contribution is 2.40. The minimum atomic E-state index is -0.437. The summed E-state index contributed by atoms with van der Waals surface area (Å²) in [5.74, 6) is 0.732. The van der Waals surface area contributed by atoms with Crippen molar-refractivity contribution < 1.29 is 5.11 Å². The van der Waals surface area contributed by atoms with Gasteiger partial charge in [0.25, 0.3) is 0 Å². The molecule has 1 fully saturated rings. The van der Waals surface area contributed by atoms with Crippen LogP contribution in [0, 0.1) is 0 Å². The highest BCUT2D eigenvalue weighted by atomic mass is 16.3. The summed E-state index contributed by atoms with van der Waals surface area (Å²) in [4.78, 5) is 0. The quantitative estimate of drug-likeness (QED) is 0.894. The Hall–Kier alpha value is -1.61. The van der Waals surface area contributed by atoms with Gasteiger partial charge in [-0.2, -0.15) is 5.10 Å². The summed E-state index contributed by atoms with van der Waals surface area (Å²) in [6, 6.07) is 8.37. The van der Waals surface area contributed by atoms with E-state index in [-0.39, 0.29) is 0 Å². The molecule has 0 radical (unpaired) electrons. The third-order valence-corrected chi connectivity index (χ3v) is 3.53. The third-order valence-electron chi connectivity index (χ3n) is 3.53. The number of nitrogens with zero attached hydrogens (tertiary/aromatic N) is 2. The van der Waals surface area contributed by atoms with E-state index < -0.39 is 6.10 Å². The van der Waals surface area contributed by atoms with Gasteiger partial charge in [-0.25, -0.2) is 0 Å². The van der Waals surface area contributed by atoms with Gasteiger partial charge in [0.05, 0.1) is 12.3 Å². The summed E-state index contributed by atoms with van der Waals surface area (Å²) in [7, 11) is 1.89. The van der Waals surface area contributed by atoms with Crippen molar-refractivity contribution in [3.8, 4) is 0 Å².